The molecule has 0 saturated heterocycles. The first kappa shape index (κ1) is 16.0. The molecule has 0 atom stereocenters. The lowest BCUT2D eigenvalue weighted by Gasteiger charge is -2.07. The monoisotopic (exact) mass is 349 g/mol. The number of methoxy groups -OCH3 is 1. The molecule has 0 saturated carbocycles. The van der Waals surface area contributed by atoms with Gasteiger partial charge in [0.25, 0.3) is 0 Å². The SMILES string of the molecule is COc1cc(-c2cnn(-c3ccc(-n4cccc4)cc3)c2)cc(F)c1O. The Labute approximate surface area is 149 Å². The van der Waals surface area contributed by atoms with E-state index < -0.39 is 11.6 Å². The van der Waals surface area contributed by atoms with Crippen LogP contribution in [0.25, 0.3) is 22.5 Å². The van der Waals surface area contributed by atoms with Crippen molar-refractivity contribution in [2.75, 3.05) is 7.11 Å². The van der Waals surface area contributed by atoms with Crippen molar-refractivity contribution in [2.24, 2.45) is 0 Å². The van der Waals surface area contributed by atoms with Crippen LogP contribution in [0.5, 0.6) is 11.5 Å². The summed E-state index contributed by atoms with van der Waals surface area (Å²) in [7, 11) is 1.38. The van der Waals surface area contributed by atoms with Gasteiger partial charge in [-0.2, -0.15) is 5.10 Å². The van der Waals surface area contributed by atoms with Crippen molar-refractivity contribution >= 4 is 0 Å². The van der Waals surface area contributed by atoms with E-state index in [9.17, 15) is 9.50 Å². The summed E-state index contributed by atoms with van der Waals surface area (Å²) in [6, 6.07) is 14.7. The molecule has 0 fully saturated rings. The van der Waals surface area contributed by atoms with Gasteiger partial charge >= 0.3 is 0 Å². The molecule has 0 spiro atoms. The van der Waals surface area contributed by atoms with Crippen molar-refractivity contribution in [3.05, 3.63) is 79.1 Å². The molecule has 0 aliphatic rings. The Kier molecular flexibility index (Phi) is 3.93. The van der Waals surface area contributed by atoms with E-state index in [1.807, 2.05) is 53.4 Å². The maximum Gasteiger partial charge on any atom is 0.194 e. The molecule has 0 amide bonds. The Morgan fingerprint density at radius 1 is 1.00 bits per heavy atom. The van der Waals surface area contributed by atoms with Crippen molar-refractivity contribution in [3.8, 4) is 34.0 Å². The molecule has 0 unspecified atom stereocenters. The lowest BCUT2D eigenvalue weighted by molar-refractivity contribution is 0.357. The van der Waals surface area contributed by atoms with E-state index in [1.165, 1.54) is 13.2 Å². The highest BCUT2D eigenvalue weighted by molar-refractivity contribution is 5.66. The van der Waals surface area contributed by atoms with Gasteiger partial charge in [0.05, 0.1) is 19.0 Å². The van der Waals surface area contributed by atoms with Gasteiger partial charge in [-0.05, 0) is 54.1 Å². The summed E-state index contributed by atoms with van der Waals surface area (Å²) in [5, 5.41) is 14.0. The summed E-state index contributed by atoms with van der Waals surface area (Å²) in [4.78, 5) is 0. The van der Waals surface area contributed by atoms with Crippen molar-refractivity contribution in [2.45, 2.75) is 0 Å². The second-order valence-electron chi connectivity index (χ2n) is 5.79. The van der Waals surface area contributed by atoms with Crippen molar-refractivity contribution in [1.82, 2.24) is 14.3 Å². The number of phenols is 1. The average Bonchev–Trinajstić information content (AvgIpc) is 3.36. The molecule has 2 heterocycles. The number of aromatic nitrogens is 3. The third-order valence-electron chi connectivity index (χ3n) is 4.18. The third-order valence-corrected chi connectivity index (χ3v) is 4.18. The first-order valence-corrected chi connectivity index (χ1v) is 8.01. The van der Waals surface area contributed by atoms with Crippen LogP contribution in [-0.2, 0) is 0 Å². The average molecular weight is 349 g/mol. The zero-order chi connectivity index (χ0) is 18.1. The molecule has 4 rings (SSSR count). The summed E-state index contributed by atoms with van der Waals surface area (Å²) in [6.45, 7) is 0. The van der Waals surface area contributed by atoms with Gasteiger partial charge in [-0.15, -0.1) is 0 Å². The van der Waals surface area contributed by atoms with Crippen LogP contribution >= 0.6 is 0 Å². The lowest BCUT2D eigenvalue weighted by Crippen LogP contribution is -1.95. The third kappa shape index (κ3) is 2.82. The molecule has 0 bridgehead atoms. The van der Waals surface area contributed by atoms with E-state index in [0.717, 1.165) is 16.9 Å². The number of rotatable bonds is 4. The fraction of sp³-hybridized carbons (Fsp3) is 0.0500. The van der Waals surface area contributed by atoms with E-state index in [0.29, 0.717) is 5.56 Å². The Hall–Kier alpha value is -3.54. The maximum absolute atomic E-state index is 13.9. The smallest absolute Gasteiger partial charge is 0.194 e. The van der Waals surface area contributed by atoms with E-state index in [1.54, 1.807) is 23.1 Å². The van der Waals surface area contributed by atoms with E-state index in [4.69, 9.17) is 4.74 Å². The van der Waals surface area contributed by atoms with Crippen LogP contribution in [0.2, 0.25) is 0 Å². The zero-order valence-electron chi connectivity index (χ0n) is 14.0. The normalized spacial score (nSPS) is 10.8. The lowest BCUT2D eigenvalue weighted by atomic mass is 10.1. The van der Waals surface area contributed by atoms with Crippen LogP contribution in [0, 0.1) is 5.82 Å². The number of benzene rings is 2. The topological polar surface area (TPSA) is 52.2 Å². The number of ether oxygens (including phenoxy) is 1. The number of phenolic OH excluding ortho intramolecular Hbond substituents is 1. The van der Waals surface area contributed by atoms with E-state index in [2.05, 4.69) is 5.10 Å². The summed E-state index contributed by atoms with van der Waals surface area (Å²) in [5.74, 6) is -1.14. The fourth-order valence-corrected chi connectivity index (χ4v) is 2.79. The summed E-state index contributed by atoms with van der Waals surface area (Å²) < 4.78 is 22.6. The largest absolute Gasteiger partial charge is 0.502 e. The van der Waals surface area contributed by atoms with Gasteiger partial charge in [0.2, 0.25) is 0 Å². The van der Waals surface area contributed by atoms with Gasteiger partial charge in [-0.3, -0.25) is 0 Å². The first-order valence-electron chi connectivity index (χ1n) is 8.01. The molecule has 5 nitrogen and oxygen atoms in total. The van der Waals surface area contributed by atoms with E-state index >= 15 is 0 Å². The molecule has 4 aromatic rings. The highest BCUT2D eigenvalue weighted by atomic mass is 19.1. The van der Waals surface area contributed by atoms with Crippen LogP contribution in [0.3, 0.4) is 0 Å². The Balaban J connectivity index is 1.65. The van der Waals surface area contributed by atoms with Crippen LogP contribution < -0.4 is 4.74 Å². The van der Waals surface area contributed by atoms with Gasteiger partial charge < -0.3 is 14.4 Å². The standard InChI is InChI=1S/C20H16FN3O2/c1-26-19-11-14(10-18(21)20(19)25)15-12-22-24(13-15)17-6-4-16(5-7-17)23-8-2-3-9-23/h2-13,25H,1H3. The quantitative estimate of drug-likeness (QED) is 0.601. The predicted molar refractivity (Wildman–Crippen MR) is 96.5 cm³/mol. The maximum atomic E-state index is 13.9. The molecule has 0 radical (unpaired) electrons. The van der Waals surface area contributed by atoms with Gasteiger partial charge in [-0.25, -0.2) is 9.07 Å². The second-order valence-corrected chi connectivity index (χ2v) is 5.79. The molecule has 130 valence electrons. The Bertz CT molecular complexity index is 1040. The summed E-state index contributed by atoms with van der Waals surface area (Å²) >= 11 is 0. The van der Waals surface area contributed by atoms with Crippen molar-refractivity contribution < 1.29 is 14.2 Å². The van der Waals surface area contributed by atoms with Crippen molar-refractivity contribution in [3.63, 3.8) is 0 Å². The van der Waals surface area contributed by atoms with Gasteiger partial charge in [-0.1, -0.05) is 0 Å². The van der Waals surface area contributed by atoms with Crippen LogP contribution in [0.4, 0.5) is 4.39 Å². The summed E-state index contributed by atoms with van der Waals surface area (Å²) in [6.07, 6.45) is 7.41. The highest BCUT2D eigenvalue weighted by Crippen LogP contribution is 2.34. The highest BCUT2D eigenvalue weighted by Gasteiger charge is 2.13. The van der Waals surface area contributed by atoms with Crippen LogP contribution in [-0.4, -0.2) is 26.6 Å². The minimum Gasteiger partial charge on any atom is -0.502 e. The molecule has 6 heteroatoms. The Morgan fingerprint density at radius 2 is 1.69 bits per heavy atom. The van der Waals surface area contributed by atoms with Gasteiger partial charge in [0.15, 0.2) is 17.3 Å². The first-order chi connectivity index (χ1) is 12.7. The fourth-order valence-electron chi connectivity index (χ4n) is 2.79. The molecule has 0 aliphatic carbocycles. The Morgan fingerprint density at radius 3 is 2.38 bits per heavy atom. The summed E-state index contributed by atoms with van der Waals surface area (Å²) in [5.41, 5.74) is 3.24. The minimum atomic E-state index is -0.733. The second kappa shape index (κ2) is 6.40. The number of nitrogens with zero attached hydrogens (tertiary/aromatic N) is 3. The number of hydrogen-bond acceptors (Lipinski definition) is 3. The van der Waals surface area contributed by atoms with Crippen LogP contribution in [0.1, 0.15) is 0 Å². The number of halogens is 1. The van der Waals surface area contributed by atoms with E-state index in [-0.39, 0.29) is 5.75 Å². The molecule has 0 aliphatic heterocycles. The molecule has 26 heavy (non-hydrogen) atoms. The zero-order valence-corrected chi connectivity index (χ0v) is 14.0. The number of hydrogen-bond donors (Lipinski definition) is 1. The van der Waals surface area contributed by atoms with Gasteiger partial charge in [0.1, 0.15) is 0 Å². The van der Waals surface area contributed by atoms with Crippen molar-refractivity contribution in [1.29, 1.82) is 0 Å². The minimum absolute atomic E-state index is 0.0869. The van der Waals surface area contributed by atoms with Crippen LogP contribution in [0.15, 0.2) is 73.3 Å². The molecular formula is C20H16FN3O2. The molecular weight excluding hydrogens is 333 g/mol. The van der Waals surface area contributed by atoms with Gasteiger partial charge in [0, 0.05) is 29.8 Å². The number of aromatic hydroxyl groups is 1. The molecule has 1 N–H and O–H groups in total. The predicted octanol–water partition coefficient (Wildman–Crippen LogP) is 4.18. The molecule has 2 aromatic heterocycles. The molecule has 2 aromatic carbocycles.